The van der Waals surface area contributed by atoms with E-state index in [0.29, 0.717) is 0 Å². The summed E-state index contributed by atoms with van der Waals surface area (Å²) >= 11 is 4.06. The van der Waals surface area contributed by atoms with Crippen molar-refractivity contribution < 1.29 is 0 Å². The molecule has 3 aromatic carbocycles. The summed E-state index contributed by atoms with van der Waals surface area (Å²) in [7, 11) is 0. The molecule has 0 aromatic heterocycles. The molecule has 0 saturated carbocycles. The van der Waals surface area contributed by atoms with Gasteiger partial charge in [0.25, 0.3) is 0 Å². The number of aryl methyl sites for hydroxylation is 4. The summed E-state index contributed by atoms with van der Waals surface area (Å²) in [5, 5.41) is 0. The van der Waals surface area contributed by atoms with Crippen LogP contribution >= 0.6 is 15.9 Å². The average molecular weight is 730 g/mol. The third kappa shape index (κ3) is 14.7. The standard InChI is InChI=1S/C48H73Br/c1-6-11-16-21-26-39-31-33-44(41(35-39)28-23-18-13-8-3)47-37-43(49)38-48(46(47)30-25-20-15-10-5)45-34-32-40(27-22-17-12-7-2)36-42(45)29-24-19-14-9-4/h31-38H,6-30H2,1-5H3. The highest BCUT2D eigenvalue weighted by atomic mass is 79.9. The molecule has 0 aliphatic rings. The second-order valence-corrected chi connectivity index (χ2v) is 15.9. The van der Waals surface area contributed by atoms with Gasteiger partial charge in [0.15, 0.2) is 0 Å². The van der Waals surface area contributed by atoms with Crippen molar-refractivity contribution in [2.75, 3.05) is 0 Å². The molecular formula is C48H73Br. The van der Waals surface area contributed by atoms with Gasteiger partial charge in [0, 0.05) is 4.47 Å². The maximum atomic E-state index is 4.06. The summed E-state index contributed by atoms with van der Waals surface area (Å²) in [6.07, 6.45) is 32.2. The Balaban J connectivity index is 2.13. The first-order chi connectivity index (χ1) is 24.1. The number of unbranched alkanes of at least 4 members (excludes halogenated alkanes) is 15. The molecule has 0 N–H and O–H groups in total. The van der Waals surface area contributed by atoms with E-state index in [1.807, 2.05) is 0 Å². The molecule has 0 saturated heterocycles. The van der Waals surface area contributed by atoms with Crippen molar-refractivity contribution in [1.82, 2.24) is 0 Å². The van der Waals surface area contributed by atoms with Crippen LogP contribution in [0.5, 0.6) is 0 Å². The minimum atomic E-state index is 1.15. The highest BCUT2D eigenvalue weighted by Crippen LogP contribution is 2.41. The lowest BCUT2D eigenvalue weighted by Gasteiger charge is -2.22. The van der Waals surface area contributed by atoms with E-state index in [2.05, 4.69) is 99.1 Å². The smallest absolute Gasteiger partial charge is 0.0187 e. The molecule has 0 spiro atoms. The Morgan fingerprint density at radius 1 is 0.347 bits per heavy atom. The minimum Gasteiger partial charge on any atom is -0.0654 e. The van der Waals surface area contributed by atoms with E-state index in [-0.39, 0.29) is 0 Å². The Bertz CT molecular complexity index is 1220. The van der Waals surface area contributed by atoms with Crippen LogP contribution in [0.2, 0.25) is 0 Å². The third-order valence-electron chi connectivity index (χ3n) is 10.7. The molecule has 0 aliphatic carbocycles. The van der Waals surface area contributed by atoms with Crippen LogP contribution in [0.3, 0.4) is 0 Å². The van der Waals surface area contributed by atoms with Gasteiger partial charge in [-0.1, -0.05) is 183 Å². The van der Waals surface area contributed by atoms with Crippen molar-refractivity contribution in [3.8, 4) is 22.3 Å². The maximum absolute atomic E-state index is 4.06. The second kappa shape index (κ2) is 25.2. The van der Waals surface area contributed by atoms with Gasteiger partial charge in [-0.3, -0.25) is 0 Å². The van der Waals surface area contributed by atoms with E-state index in [1.54, 1.807) is 16.7 Å². The summed E-state index contributed by atoms with van der Waals surface area (Å²) in [6, 6.07) is 20.1. The lowest BCUT2D eigenvalue weighted by molar-refractivity contribution is 0.660. The molecule has 0 aliphatic heterocycles. The van der Waals surface area contributed by atoms with Crippen molar-refractivity contribution in [1.29, 1.82) is 0 Å². The third-order valence-corrected chi connectivity index (χ3v) is 11.1. The van der Waals surface area contributed by atoms with Gasteiger partial charge < -0.3 is 0 Å². The fourth-order valence-electron chi connectivity index (χ4n) is 7.66. The molecule has 3 aromatic rings. The highest BCUT2D eigenvalue weighted by molar-refractivity contribution is 9.10. The molecule has 0 nitrogen and oxygen atoms in total. The fourth-order valence-corrected chi connectivity index (χ4v) is 8.11. The number of halogens is 1. The van der Waals surface area contributed by atoms with Gasteiger partial charge >= 0.3 is 0 Å². The summed E-state index contributed by atoms with van der Waals surface area (Å²) < 4.78 is 1.22. The zero-order valence-electron chi connectivity index (χ0n) is 32.7. The summed E-state index contributed by atoms with van der Waals surface area (Å²) in [4.78, 5) is 0. The lowest BCUT2D eigenvalue weighted by atomic mass is 9.83. The van der Waals surface area contributed by atoms with Crippen LogP contribution in [0.25, 0.3) is 22.3 Å². The zero-order valence-corrected chi connectivity index (χ0v) is 34.3. The van der Waals surface area contributed by atoms with E-state index >= 15 is 0 Å². The Morgan fingerprint density at radius 3 is 1.06 bits per heavy atom. The van der Waals surface area contributed by atoms with Crippen LogP contribution in [-0.4, -0.2) is 0 Å². The van der Waals surface area contributed by atoms with E-state index < -0.39 is 0 Å². The number of hydrogen-bond donors (Lipinski definition) is 0. The molecule has 0 radical (unpaired) electrons. The summed E-state index contributed by atoms with van der Waals surface area (Å²) in [5.41, 5.74) is 13.7. The van der Waals surface area contributed by atoms with E-state index in [4.69, 9.17) is 0 Å². The predicted molar refractivity (Wildman–Crippen MR) is 224 cm³/mol. The normalized spacial score (nSPS) is 11.5. The summed E-state index contributed by atoms with van der Waals surface area (Å²) in [5.74, 6) is 0. The van der Waals surface area contributed by atoms with E-state index in [9.17, 15) is 0 Å². The van der Waals surface area contributed by atoms with Gasteiger partial charge in [-0.15, -0.1) is 0 Å². The first kappa shape index (κ1) is 41.6. The van der Waals surface area contributed by atoms with Crippen molar-refractivity contribution in [2.24, 2.45) is 0 Å². The van der Waals surface area contributed by atoms with Gasteiger partial charge in [0.05, 0.1) is 0 Å². The Morgan fingerprint density at radius 2 is 0.694 bits per heavy atom. The van der Waals surface area contributed by atoms with Gasteiger partial charge in [-0.25, -0.2) is 0 Å². The average Bonchev–Trinajstić information content (AvgIpc) is 3.11. The van der Waals surface area contributed by atoms with Crippen LogP contribution in [0.15, 0.2) is 53.0 Å². The van der Waals surface area contributed by atoms with Gasteiger partial charge in [-0.05, 0) is 126 Å². The zero-order chi connectivity index (χ0) is 35.1. The molecule has 0 heterocycles. The van der Waals surface area contributed by atoms with Crippen molar-refractivity contribution >= 4 is 15.9 Å². The van der Waals surface area contributed by atoms with Crippen LogP contribution in [0.1, 0.15) is 191 Å². The molecule has 1 heteroatoms. The molecule has 49 heavy (non-hydrogen) atoms. The van der Waals surface area contributed by atoms with Crippen LogP contribution in [0, 0.1) is 0 Å². The highest BCUT2D eigenvalue weighted by Gasteiger charge is 2.19. The predicted octanol–water partition coefficient (Wildman–Crippen LogP) is 16.4. The number of hydrogen-bond acceptors (Lipinski definition) is 0. The molecule has 272 valence electrons. The van der Waals surface area contributed by atoms with Crippen molar-refractivity contribution in [2.45, 2.75) is 195 Å². The van der Waals surface area contributed by atoms with Crippen LogP contribution < -0.4 is 0 Å². The van der Waals surface area contributed by atoms with Crippen LogP contribution in [0.4, 0.5) is 0 Å². The number of benzene rings is 3. The first-order valence-corrected chi connectivity index (χ1v) is 21.9. The van der Waals surface area contributed by atoms with Crippen molar-refractivity contribution in [3.63, 3.8) is 0 Å². The Labute approximate surface area is 312 Å². The van der Waals surface area contributed by atoms with E-state index in [0.717, 1.165) is 6.42 Å². The lowest BCUT2D eigenvalue weighted by Crippen LogP contribution is -2.02. The largest absolute Gasteiger partial charge is 0.0654 e. The van der Waals surface area contributed by atoms with Gasteiger partial charge in [0.1, 0.15) is 0 Å². The van der Waals surface area contributed by atoms with Crippen molar-refractivity contribution in [3.05, 3.63) is 80.8 Å². The maximum Gasteiger partial charge on any atom is 0.0187 e. The molecule has 0 atom stereocenters. The van der Waals surface area contributed by atoms with E-state index in [1.165, 1.54) is 192 Å². The monoisotopic (exact) mass is 728 g/mol. The SMILES string of the molecule is CCCCCCc1ccc(-c2cc(Br)cc(-c3ccc(CCCCCC)cc3CCCCCC)c2CCCCCC)c(CCCCCC)c1. The Hall–Kier alpha value is -1.86. The molecule has 0 bridgehead atoms. The first-order valence-electron chi connectivity index (χ1n) is 21.1. The quantitative estimate of drug-likeness (QED) is 0.0686. The topological polar surface area (TPSA) is 0 Å². The summed E-state index contributed by atoms with van der Waals surface area (Å²) in [6.45, 7) is 11.6. The van der Waals surface area contributed by atoms with Crippen LogP contribution in [-0.2, 0) is 32.1 Å². The second-order valence-electron chi connectivity index (χ2n) is 15.0. The fraction of sp³-hybridized carbons (Fsp3) is 0.625. The Kier molecular flexibility index (Phi) is 21.3. The molecule has 0 unspecified atom stereocenters. The molecular weight excluding hydrogens is 656 g/mol. The molecule has 0 amide bonds. The number of rotatable bonds is 27. The van der Waals surface area contributed by atoms with Gasteiger partial charge in [-0.2, -0.15) is 0 Å². The van der Waals surface area contributed by atoms with Gasteiger partial charge in [0.2, 0.25) is 0 Å². The molecule has 0 fully saturated rings. The molecule has 3 rings (SSSR count). The minimum absolute atomic E-state index is 1.15.